The average Bonchev–Trinajstić information content (AvgIpc) is 2.44. The quantitative estimate of drug-likeness (QED) is 0.839. The molecule has 1 aromatic rings. The number of carbonyl (C=O) groups is 1. The SMILES string of the molecule is CSC1(CNC(=O)c2ccc(C)cc2C#CCN)CCC1. The summed E-state index contributed by atoms with van der Waals surface area (Å²) in [7, 11) is 0. The minimum Gasteiger partial charge on any atom is -0.351 e. The number of hydrogen-bond donors (Lipinski definition) is 2. The monoisotopic (exact) mass is 302 g/mol. The highest BCUT2D eigenvalue weighted by molar-refractivity contribution is 8.00. The van der Waals surface area contributed by atoms with Crippen molar-refractivity contribution in [2.24, 2.45) is 5.73 Å². The van der Waals surface area contributed by atoms with Crippen LogP contribution < -0.4 is 11.1 Å². The summed E-state index contributed by atoms with van der Waals surface area (Å²) in [6, 6.07) is 5.72. The van der Waals surface area contributed by atoms with Gasteiger partial charge in [-0.2, -0.15) is 11.8 Å². The molecule has 1 saturated carbocycles. The van der Waals surface area contributed by atoms with E-state index in [1.54, 1.807) is 0 Å². The lowest BCUT2D eigenvalue weighted by atomic mass is 9.84. The first-order valence-electron chi connectivity index (χ1n) is 7.23. The van der Waals surface area contributed by atoms with E-state index in [0.29, 0.717) is 12.1 Å². The molecular formula is C17H22N2OS. The standard InChI is InChI=1S/C17H22N2OS/c1-13-6-7-15(14(11-13)5-3-10-18)16(20)19-12-17(21-2)8-4-9-17/h6-7,11H,4,8-10,12,18H2,1-2H3,(H,19,20). The number of nitrogens with one attached hydrogen (secondary N) is 1. The van der Waals surface area contributed by atoms with E-state index in [2.05, 4.69) is 23.4 Å². The second-order valence-corrected chi connectivity index (χ2v) is 6.75. The first-order chi connectivity index (χ1) is 10.1. The predicted molar refractivity (Wildman–Crippen MR) is 89.5 cm³/mol. The molecule has 1 aromatic carbocycles. The summed E-state index contributed by atoms with van der Waals surface area (Å²) in [6.45, 7) is 3.02. The first-order valence-corrected chi connectivity index (χ1v) is 8.46. The van der Waals surface area contributed by atoms with Crippen LogP contribution in [-0.4, -0.2) is 30.0 Å². The van der Waals surface area contributed by atoms with Crippen molar-refractivity contribution in [1.29, 1.82) is 0 Å². The van der Waals surface area contributed by atoms with Gasteiger partial charge in [-0.1, -0.05) is 24.3 Å². The van der Waals surface area contributed by atoms with Crippen molar-refractivity contribution in [3.8, 4) is 11.8 Å². The number of rotatable bonds is 4. The molecule has 0 heterocycles. The van der Waals surface area contributed by atoms with E-state index in [1.807, 2.05) is 36.9 Å². The molecule has 1 amide bonds. The van der Waals surface area contributed by atoms with Gasteiger partial charge in [-0.3, -0.25) is 4.79 Å². The van der Waals surface area contributed by atoms with Gasteiger partial charge in [-0.15, -0.1) is 0 Å². The lowest BCUT2D eigenvalue weighted by molar-refractivity contribution is 0.0943. The number of hydrogen-bond acceptors (Lipinski definition) is 3. The minimum atomic E-state index is -0.0448. The summed E-state index contributed by atoms with van der Waals surface area (Å²) < 4.78 is 0.240. The molecule has 0 spiro atoms. The van der Waals surface area contributed by atoms with Gasteiger partial charge < -0.3 is 11.1 Å². The van der Waals surface area contributed by atoms with E-state index in [0.717, 1.165) is 17.7 Å². The fraction of sp³-hybridized carbons (Fsp3) is 0.471. The molecule has 0 radical (unpaired) electrons. The van der Waals surface area contributed by atoms with Crippen molar-refractivity contribution in [2.75, 3.05) is 19.3 Å². The molecule has 0 bridgehead atoms. The molecule has 1 fully saturated rings. The van der Waals surface area contributed by atoms with Crippen LogP contribution in [0.4, 0.5) is 0 Å². The van der Waals surface area contributed by atoms with Crippen LogP contribution in [-0.2, 0) is 0 Å². The van der Waals surface area contributed by atoms with E-state index >= 15 is 0 Å². The zero-order valence-electron chi connectivity index (χ0n) is 12.7. The maximum absolute atomic E-state index is 12.4. The van der Waals surface area contributed by atoms with Crippen molar-refractivity contribution >= 4 is 17.7 Å². The van der Waals surface area contributed by atoms with E-state index in [1.165, 1.54) is 19.3 Å². The van der Waals surface area contributed by atoms with Crippen LogP contribution in [0.1, 0.15) is 40.7 Å². The van der Waals surface area contributed by atoms with E-state index in [9.17, 15) is 4.79 Å². The average molecular weight is 302 g/mol. The molecule has 1 aliphatic rings. The van der Waals surface area contributed by atoms with Crippen LogP contribution in [0.15, 0.2) is 18.2 Å². The number of carbonyl (C=O) groups excluding carboxylic acids is 1. The highest BCUT2D eigenvalue weighted by atomic mass is 32.2. The summed E-state index contributed by atoms with van der Waals surface area (Å²) >= 11 is 1.86. The van der Waals surface area contributed by atoms with Crippen LogP contribution >= 0.6 is 11.8 Å². The Labute approximate surface area is 131 Å². The zero-order valence-corrected chi connectivity index (χ0v) is 13.5. The van der Waals surface area contributed by atoms with Gasteiger partial charge in [0, 0.05) is 16.9 Å². The molecule has 3 nitrogen and oxygen atoms in total. The molecule has 1 aliphatic carbocycles. The fourth-order valence-corrected chi connectivity index (χ4v) is 3.38. The number of amides is 1. The number of nitrogens with two attached hydrogens (primary N) is 1. The van der Waals surface area contributed by atoms with E-state index in [4.69, 9.17) is 5.73 Å². The maximum Gasteiger partial charge on any atom is 0.252 e. The molecule has 112 valence electrons. The van der Waals surface area contributed by atoms with E-state index < -0.39 is 0 Å². The molecular weight excluding hydrogens is 280 g/mol. The van der Waals surface area contributed by atoms with Gasteiger partial charge in [0.05, 0.1) is 12.1 Å². The Balaban J connectivity index is 2.11. The minimum absolute atomic E-state index is 0.0448. The lowest BCUT2D eigenvalue weighted by Crippen LogP contribution is -2.45. The summed E-state index contributed by atoms with van der Waals surface area (Å²) in [5, 5.41) is 3.07. The van der Waals surface area contributed by atoms with Gasteiger partial charge in [-0.05, 0) is 43.7 Å². The number of benzene rings is 1. The molecule has 2 rings (SSSR count). The van der Waals surface area contributed by atoms with Crippen LogP contribution in [0.25, 0.3) is 0 Å². The summed E-state index contributed by atoms with van der Waals surface area (Å²) in [5.41, 5.74) is 7.90. The highest BCUT2D eigenvalue weighted by Gasteiger charge is 2.36. The largest absolute Gasteiger partial charge is 0.351 e. The molecule has 21 heavy (non-hydrogen) atoms. The van der Waals surface area contributed by atoms with Gasteiger partial charge in [0.1, 0.15) is 0 Å². The smallest absolute Gasteiger partial charge is 0.252 e. The first kappa shape index (κ1) is 15.9. The number of thioether (sulfide) groups is 1. The zero-order chi connectivity index (χ0) is 15.3. The van der Waals surface area contributed by atoms with Gasteiger partial charge in [0.2, 0.25) is 0 Å². The Morgan fingerprint density at radius 1 is 1.48 bits per heavy atom. The highest BCUT2D eigenvalue weighted by Crippen LogP contribution is 2.42. The van der Waals surface area contributed by atoms with Gasteiger partial charge in [-0.25, -0.2) is 0 Å². The fourth-order valence-electron chi connectivity index (χ4n) is 2.47. The van der Waals surface area contributed by atoms with E-state index in [-0.39, 0.29) is 10.7 Å². The van der Waals surface area contributed by atoms with Crippen LogP contribution in [0.5, 0.6) is 0 Å². The van der Waals surface area contributed by atoms with Gasteiger partial charge in [0.15, 0.2) is 0 Å². The predicted octanol–water partition coefficient (Wildman–Crippen LogP) is 2.32. The Kier molecular flexibility index (Phi) is 5.33. The van der Waals surface area contributed by atoms with Crippen molar-refractivity contribution in [2.45, 2.75) is 30.9 Å². The normalized spacial score (nSPS) is 15.6. The Morgan fingerprint density at radius 3 is 2.81 bits per heavy atom. The molecule has 4 heteroatoms. The molecule has 0 saturated heterocycles. The Bertz CT molecular complexity index is 577. The lowest BCUT2D eigenvalue weighted by Gasteiger charge is -2.40. The third-order valence-electron chi connectivity index (χ3n) is 4.01. The molecule has 0 unspecified atom stereocenters. The molecule has 3 N–H and O–H groups in total. The van der Waals surface area contributed by atoms with Crippen LogP contribution in [0.3, 0.4) is 0 Å². The molecule has 0 aromatic heterocycles. The Hall–Kier alpha value is -1.44. The van der Waals surface area contributed by atoms with Crippen molar-refractivity contribution in [3.05, 3.63) is 34.9 Å². The molecule has 0 atom stereocenters. The summed E-state index contributed by atoms with van der Waals surface area (Å²) in [6.07, 6.45) is 5.74. The second kappa shape index (κ2) is 7.02. The van der Waals surface area contributed by atoms with Gasteiger partial charge in [0.25, 0.3) is 5.91 Å². The maximum atomic E-state index is 12.4. The Morgan fingerprint density at radius 2 is 2.24 bits per heavy atom. The van der Waals surface area contributed by atoms with Crippen molar-refractivity contribution in [1.82, 2.24) is 5.32 Å². The third kappa shape index (κ3) is 3.81. The van der Waals surface area contributed by atoms with Crippen LogP contribution in [0, 0.1) is 18.8 Å². The third-order valence-corrected chi connectivity index (χ3v) is 5.43. The summed E-state index contributed by atoms with van der Waals surface area (Å²) in [5.74, 6) is 5.77. The van der Waals surface area contributed by atoms with Crippen molar-refractivity contribution < 1.29 is 4.79 Å². The van der Waals surface area contributed by atoms with Gasteiger partial charge >= 0.3 is 0 Å². The topological polar surface area (TPSA) is 55.1 Å². The molecule has 0 aliphatic heterocycles. The van der Waals surface area contributed by atoms with Crippen LogP contribution in [0.2, 0.25) is 0 Å². The number of aryl methyl sites for hydroxylation is 1. The van der Waals surface area contributed by atoms with Crippen molar-refractivity contribution in [3.63, 3.8) is 0 Å². The summed E-state index contributed by atoms with van der Waals surface area (Å²) in [4.78, 5) is 12.4. The second-order valence-electron chi connectivity index (χ2n) is 5.48.